The highest BCUT2D eigenvalue weighted by Gasteiger charge is 2.23. The smallest absolute Gasteiger partial charge is 0.227 e. The highest BCUT2D eigenvalue weighted by molar-refractivity contribution is 6.12. The summed E-state index contributed by atoms with van der Waals surface area (Å²) in [6.45, 7) is 13.8. The second kappa shape index (κ2) is 14.4. The lowest BCUT2D eigenvalue weighted by Crippen LogP contribution is -2.10. The molecular weight excluding hydrogens is 793 g/mol. The van der Waals surface area contributed by atoms with Gasteiger partial charge >= 0.3 is 0 Å². The van der Waals surface area contributed by atoms with E-state index in [4.69, 9.17) is 14.4 Å². The molecule has 5 nitrogen and oxygen atoms in total. The summed E-state index contributed by atoms with van der Waals surface area (Å²) in [6.07, 6.45) is 1.84. The average molecular weight is 841 g/mol. The van der Waals surface area contributed by atoms with E-state index in [-0.39, 0.29) is 10.8 Å². The fourth-order valence-electron chi connectivity index (χ4n) is 9.88. The van der Waals surface area contributed by atoms with E-state index in [1.807, 2.05) is 24.4 Å². The van der Waals surface area contributed by atoms with Crippen molar-refractivity contribution >= 4 is 65.5 Å². The number of para-hydroxylation sites is 2. The Kier molecular flexibility index (Phi) is 8.60. The molecule has 12 rings (SSSR count). The molecule has 0 amide bonds. The fraction of sp³-hybridized carbons (Fsp3) is 0.133. The third-order valence-corrected chi connectivity index (χ3v) is 13.3. The minimum Gasteiger partial charge on any atom is -0.436 e. The van der Waals surface area contributed by atoms with Crippen LogP contribution in [0.15, 0.2) is 187 Å². The topological polar surface area (TPSA) is 48.8 Å². The summed E-state index contributed by atoms with van der Waals surface area (Å²) in [7, 11) is 0. The van der Waals surface area contributed by atoms with Crippen LogP contribution >= 0.6 is 0 Å². The van der Waals surface area contributed by atoms with E-state index in [0.717, 1.165) is 72.2 Å². The van der Waals surface area contributed by atoms with Gasteiger partial charge in [0.15, 0.2) is 5.58 Å². The zero-order chi connectivity index (χ0) is 44.2. The lowest BCUT2D eigenvalue weighted by molar-refractivity contribution is 0.590. The normalized spacial score (nSPS) is 12.5. The van der Waals surface area contributed by atoms with Crippen molar-refractivity contribution in [2.45, 2.75) is 52.4 Å². The molecule has 8 aromatic carbocycles. The Morgan fingerprint density at radius 3 is 1.55 bits per heavy atom. The van der Waals surface area contributed by atoms with Crippen molar-refractivity contribution in [2.24, 2.45) is 0 Å². The first kappa shape index (κ1) is 38.9. The van der Waals surface area contributed by atoms with Gasteiger partial charge < -0.3 is 13.6 Å². The summed E-state index contributed by atoms with van der Waals surface area (Å²) in [5, 5.41) is 7.11. The second-order valence-corrected chi connectivity index (χ2v) is 19.5. The Balaban J connectivity index is 1.05. The van der Waals surface area contributed by atoms with Crippen LogP contribution in [0.2, 0.25) is 0 Å². The standard InChI is InChI=1S/C60H48N4O/c1-59(2,3)40-24-28-54-49(34-40)50-35-41(60(4,5)6)25-29-55(50)63(54)42-26-22-37(23-27-42)38-31-39(33-43(32-38)64-52-20-11-9-16-45(52)46-17-10-12-21-53(46)64)58-62-57-47-18-8-7-15-44(47)48(36-56(57)65-58)51-19-13-14-30-61-51/h7-36H,1-6H3. The Bertz CT molecular complexity index is 3710. The van der Waals surface area contributed by atoms with Crippen molar-refractivity contribution in [3.63, 3.8) is 0 Å². The third kappa shape index (κ3) is 6.36. The molecule has 0 bridgehead atoms. The molecule has 0 aliphatic carbocycles. The number of aromatic nitrogens is 4. The van der Waals surface area contributed by atoms with E-state index in [0.29, 0.717) is 5.89 Å². The molecule has 0 N–H and O–H groups in total. The molecule has 4 heterocycles. The number of fused-ring (bicyclic) bond motifs is 9. The lowest BCUT2D eigenvalue weighted by Gasteiger charge is -2.19. The number of pyridine rings is 1. The van der Waals surface area contributed by atoms with Gasteiger partial charge in [-0.15, -0.1) is 0 Å². The number of benzene rings is 8. The minimum atomic E-state index is 0.0345. The molecule has 0 atom stereocenters. The molecule has 0 fully saturated rings. The number of hydrogen-bond acceptors (Lipinski definition) is 3. The van der Waals surface area contributed by atoms with Crippen LogP contribution in [0.25, 0.3) is 111 Å². The van der Waals surface area contributed by atoms with Crippen molar-refractivity contribution in [1.29, 1.82) is 0 Å². The first-order valence-electron chi connectivity index (χ1n) is 22.6. The lowest BCUT2D eigenvalue weighted by atomic mass is 9.85. The largest absolute Gasteiger partial charge is 0.436 e. The van der Waals surface area contributed by atoms with E-state index in [1.54, 1.807) is 0 Å². The summed E-state index contributed by atoms with van der Waals surface area (Å²) in [5.74, 6) is 0.568. The molecule has 12 aromatic rings. The molecule has 0 aliphatic rings. The SMILES string of the molecule is CC(C)(C)c1ccc2c(c1)c1cc(C(C)(C)C)ccc1n2-c1ccc(-c2cc(-c3nc4c(cc(-c5ccccn5)c5ccccc54)o3)cc(-n3c4ccccc4c4ccccc43)c2)cc1. The van der Waals surface area contributed by atoms with E-state index in [2.05, 4.69) is 208 Å². The van der Waals surface area contributed by atoms with E-state index in [1.165, 1.54) is 43.7 Å². The van der Waals surface area contributed by atoms with Crippen LogP contribution in [-0.4, -0.2) is 19.1 Å². The highest BCUT2D eigenvalue weighted by Crippen LogP contribution is 2.41. The summed E-state index contributed by atoms with van der Waals surface area (Å²) < 4.78 is 11.6. The van der Waals surface area contributed by atoms with Crippen LogP contribution in [0.5, 0.6) is 0 Å². The van der Waals surface area contributed by atoms with Gasteiger partial charge in [-0.2, -0.15) is 0 Å². The number of rotatable bonds is 5. The van der Waals surface area contributed by atoms with Gasteiger partial charge in [-0.1, -0.05) is 133 Å². The summed E-state index contributed by atoms with van der Waals surface area (Å²) in [5.41, 5.74) is 16.1. The molecule has 0 radical (unpaired) electrons. The summed E-state index contributed by atoms with van der Waals surface area (Å²) in [4.78, 5) is 9.99. The predicted octanol–water partition coefficient (Wildman–Crippen LogP) is 16.2. The van der Waals surface area contributed by atoms with Crippen molar-refractivity contribution in [1.82, 2.24) is 19.1 Å². The van der Waals surface area contributed by atoms with Crippen LogP contribution < -0.4 is 0 Å². The van der Waals surface area contributed by atoms with Gasteiger partial charge in [0.1, 0.15) is 5.52 Å². The van der Waals surface area contributed by atoms with Gasteiger partial charge in [0.2, 0.25) is 5.89 Å². The molecule has 65 heavy (non-hydrogen) atoms. The molecule has 0 saturated heterocycles. The number of nitrogens with zero attached hydrogens (tertiary/aromatic N) is 4. The van der Waals surface area contributed by atoms with Crippen LogP contribution in [0.1, 0.15) is 52.7 Å². The Morgan fingerprint density at radius 1 is 0.415 bits per heavy atom. The van der Waals surface area contributed by atoms with Crippen molar-refractivity contribution in [2.75, 3.05) is 0 Å². The number of oxazole rings is 1. The third-order valence-electron chi connectivity index (χ3n) is 13.3. The molecule has 0 unspecified atom stereocenters. The molecule has 314 valence electrons. The van der Waals surface area contributed by atoms with Gasteiger partial charge in [0.25, 0.3) is 0 Å². The van der Waals surface area contributed by atoms with Crippen molar-refractivity contribution in [3.8, 4) is 45.2 Å². The maximum absolute atomic E-state index is 6.82. The highest BCUT2D eigenvalue weighted by atomic mass is 16.3. The monoisotopic (exact) mass is 840 g/mol. The predicted molar refractivity (Wildman–Crippen MR) is 272 cm³/mol. The van der Waals surface area contributed by atoms with E-state index < -0.39 is 0 Å². The quantitative estimate of drug-likeness (QED) is 0.173. The van der Waals surface area contributed by atoms with Crippen molar-refractivity contribution in [3.05, 3.63) is 193 Å². The van der Waals surface area contributed by atoms with Crippen LogP contribution in [-0.2, 0) is 10.8 Å². The van der Waals surface area contributed by atoms with Crippen LogP contribution in [0.4, 0.5) is 0 Å². The molecule has 0 saturated carbocycles. The zero-order valence-electron chi connectivity index (χ0n) is 37.5. The maximum Gasteiger partial charge on any atom is 0.227 e. The van der Waals surface area contributed by atoms with Gasteiger partial charge in [0, 0.05) is 55.6 Å². The van der Waals surface area contributed by atoms with Crippen molar-refractivity contribution < 1.29 is 4.42 Å². The summed E-state index contributed by atoms with van der Waals surface area (Å²) in [6, 6.07) is 63.7. The Morgan fingerprint density at radius 2 is 0.954 bits per heavy atom. The minimum absolute atomic E-state index is 0.0345. The Hall–Kier alpha value is -7.76. The summed E-state index contributed by atoms with van der Waals surface area (Å²) >= 11 is 0. The fourth-order valence-corrected chi connectivity index (χ4v) is 9.88. The van der Waals surface area contributed by atoms with Gasteiger partial charge in [-0.05, 0) is 123 Å². The maximum atomic E-state index is 6.82. The van der Waals surface area contributed by atoms with Gasteiger partial charge in [-0.3, -0.25) is 4.98 Å². The molecule has 4 aromatic heterocycles. The number of hydrogen-bond donors (Lipinski definition) is 0. The van der Waals surface area contributed by atoms with Crippen LogP contribution in [0.3, 0.4) is 0 Å². The molecule has 0 aliphatic heterocycles. The van der Waals surface area contributed by atoms with Crippen LogP contribution in [0, 0.1) is 0 Å². The Labute approximate surface area is 378 Å². The average Bonchev–Trinajstić information content (AvgIpc) is 4.01. The molecular formula is C60H48N4O. The van der Waals surface area contributed by atoms with E-state index >= 15 is 0 Å². The van der Waals surface area contributed by atoms with E-state index in [9.17, 15) is 0 Å². The molecule has 0 spiro atoms. The van der Waals surface area contributed by atoms with Gasteiger partial charge in [0.05, 0.1) is 27.8 Å². The zero-order valence-corrected chi connectivity index (χ0v) is 37.5. The molecule has 5 heteroatoms. The van der Waals surface area contributed by atoms with Gasteiger partial charge in [-0.25, -0.2) is 4.98 Å². The first-order chi connectivity index (χ1) is 31.5. The second-order valence-electron chi connectivity index (χ2n) is 19.5. The first-order valence-corrected chi connectivity index (χ1v) is 22.6.